The molecule has 2 saturated carbocycles. The Labute approximate surface area is 201 Å². The molecule has 1 atom stereocenters. The maximum absolute atomic E-state index is 12.9. The van der Waals surface area contributed by atoms with Crippen molar-refractivity contribution in [1.82, 2.24) is 10.4 Å². The van der Waals surface area contributed by atoms with Gasteiger partial charge >= 0.3 is 0 Å². The topological polar surface area (TPSA) is 66.4 Å². The van der Waals surface area contributed by atoms with Crippen LogP contribution in [0.2, 0.25) is 0 Å². The van der Waals surface area contributed by atoms with Gasteiger partial charge in [0.05, 0.1) is 19.3 Å². The fourth-order valence-corrected chi connectivity index (χ4v) is 6.74. The average molecular weight is 463 g/mol. The van der Waals surface area contributed by atoms with Crippen LogP contribution < -0.4 is 10.4 Å². The minimum Gasteiger partial charge on any atom is -0.386 e. The first kappa shape index (κ1) is 20.9. The fourth-order valence-electron chi connectivity index (χ4n) is 6.74. The largest absolute Gasteiger partial charge is 0.386 e. The van der Waals surface area contributed by atoms with E-state index in [2.05, 4.69) is 47.0 Å². The summed E-state index contributed by atoms with van der Waals surface area (Å²) in [7, 11) is 0. The van der Waals surface area contributed by atoms with Crippen LogP contribution in [0.15, 0.2) is 35.5 Å². The average Bonchev–Trinajstić information content (AvgIpc) is 3.41. The van der Waals surface area contributed by atoms with E-state index >= 15 is 0 Å². The fraction of sp³-hybridized carbons (Fsp3) is 0.630. The van der Waals surface area contributed by atoms with Crippen molar-refractivity contribution in [2.24, 2.45) is 22.2 Å². The number of nitrogens with zero attached hydrogens (tertiary/aromatic N) is 3. The van der Waals surface area contributed by atoms with E-state index in [4.69, 9.17) is 14.6 Å². The lowest BCUT2D eigenvalue weighted by Gasteiger charge is -2.42. The molecule has 7 heteroatoms. The quantitative estimate of drug-likeness (QED) is 0.743. The van der Waals surface area contributed by atoms with Crippen LogP contribution in [-0.4, -0.2) is 54.7 Å². The number of hydroxylamine groups is 1. The molecule has 1 amide bonds. The summed E-state index contributed by atoms with van der Waals surface area (Å²) in [6.45, 7) is 9.57. The molecule has 0 bridgehead atoms. The van der Waals surface area contributed by atoms with Gasteiger partial charge in [0.1, 0.15) is 5.66 Å². The van der Waals surface area contributed by atoms with Crippen molar-refractivity contribution in [3.05, 3.63) is 41.6 Å². The van der Waals surface area contributed by atoms with Crippen LogP contribution in [0.3, 0.4) is 0 Å². The molecular formula is C27H34N4O3. The SMILES string of the molecule is C=C1Cc2ccc(C3=NC(C)(C4CCN(C(=O)C5CC6(CC6)C5)CC4)NO3)cc2N1C1COC1. The second kappa shape index (κ2) is 7.31. The summed E-state index contributed by atoms with van der Waals surface area (Å²) in [6.07, 6.45) is 7.73. The molecular weight excluding hydrogens is 428 g/mol. The van der Waals surface area contributed by atoms with Gasteiger partial charge in [-0.25, -0.2) is 4.99 Å². The highest BCUT2D eigenvalue weighted by Crippen LogP contribution is 2.63. The third-order valence-corrected chi connectivity index (χ3v) is 9.27. The molecule has 4 heterocycles. The van der Waals surface area contributed by atoms with Gasteiger partial charge in [0, 0.05) is 48.3 Å². The van der Waals surface area contributed by atoms with Crippen LogP contribution in [0.5, 0.6) is 0 Å². The predicted molar refractivity (Wildman–Crippen MR) is 129 cm³/mol. The normalized spacial score (nSPS) is 30.6. The molecule has 1 aromatic rings. The first-order chi connectivity index (χ1) is 16.4. The first-order valence-corrected chi connectivity index (χ1v) is 12.9. The van der Waals surface area contributed by atoms with Crippen LogP contribution in [0, 0.1) is 17.3 Å². The molecule has 7 nitrogen and oxygen atoms in total. The van der Waals surface area contributed by atoms with Crippen molar-refractivity contribution in [3.8, 4) is 0 Å². The number of benzene rings is 1. The monoisotopic (exact) mass is 462 g/mol. The minimum absolute atomic E-state index is 0.286. The van der Waals surface area contributed by atoms with Gasteiger partial charge in [-0.05, 0) is 68.6 Å². The summed E-state index contributed by atoms with van der Waals surface area (Å²) in [5.41, 5.74) is 7.96. The van der Waals surface area contributed by atoms with E-state index in [1.54, 1.807) is 0 Å². The van der Waals surface area contributed by atoms with E-state index in [9.17, 15) is 4.79 Å². The van der Waals surface area contributed by atoms with E-state index in [0.29, 0.717) is 29.2 Å². The van der Waals surface area contributed by atoms with E-state index < -0.39 is 5.66 Å². The summed E-state index contributed by atoms with van der Waals surface area (Å²) in [5.74, 6) is 1.66. The zero-order valence-corrected chi connectivity index (χ0v) is 20.0. The zero-order chi connectivity index (χ0) is 23.1. The Bertz CT molecular complexity index is 1080. The highest BCUT2D eigenvalue weighted by molar-refractivity contribution is 5.96. The number of rotatable bonds is 4. The van der Waals surface area contributed by atoms with Crippen LogP contribution in [0.4, 0.5) is 5.69 Å². The van der Waals surface area contributed by atoms with Gasteiger partial charge in [0.2, 0.25) is 11.8 Å². The molecule has 0 aromatic heterocycles. The highest BCUT2D eigenvalue weighted by atomic mass is 16.7. The van der Waals surface area contributed by atoms with Crippen LogP contribution >= 0.6 is 0 Å². The summed E-state index contributed by atoms with van der Waals surface area (Å²) in [6, 6.07) is 6.84. The van der Waals surface area contributed by atoms with Crippen molar-refractivity contribution >= 4 is 17.5 Å². The summed E-state index contributed by atoms with van der Waals surface area (Å²) < 4.78 is 5.43. The number of carbonyl (C=O) groups excluding carboxylic acids is 1. The number of carbonyl (C=O) groups is 1. The molecule has 4 aliphatic heterocycles. The number of allylic oxidation sites excluding steroid dienone is 1. The van der Waals surface area contributed by atoms with Crippen molar-refractivity contribution in [2.45, 2.75) is 63.6 Å². The highest BCUT2D eigenvalue weighted by Gasteiger charge is 2.56. The number of nitrogens with one attached hydrogen (secondary N) is 1. The number of hydrogen-bond acceptors (Lipinski definition) is 6. The number of hydrogen-bond donors (Lipinski definition) is 1. The van der Waals surface area contributed by atoms with Gasteiger partial charge in [0.15, 0.2) is 0 Å². The molecule has 180 valence electrons. The molecule has 1 N–H and O–H groups in total. The van der Waals surface area contributed by atoms with Crippen molar-refractivity contribution in [2.75, 3.05) is 31.2 Å². The number of piperidine rings is 1. The second-order valence-corrected chi connectivity index (χ2v) is 11.6. The van der Waals surface area contributed by atoms with E-state index in [-0.39, 0.29) is 5.92 Å². The van der Waals surface area contributed by atoms with Crippen molar-refractivity contribution in [3.63, 3.8) is 0 Å². The van der Waals surface area contributed by atoms with Gasteiger partial charge in [-0.3, -0.25) is 4.79 Å². The standard InChI is InChI=1S/C27H34N4O3/c1-17-11-18-3-4-19(12-23(18)31(17)22-15-33-16-22)24-28-26(2,29-34-24)21-5-9-30(10-6-21)25(32)20-13-27(14-20)7-8-27/h3-4,12,20-22,29H,1,5-11,13-16H2,2H3. The predicted octanol–water partition coefficient (Wildman–Crippen LogP) is 3.39. The van der Waals surface area contributed by atoms with Gasteiger partial charge in [-0.15, -0.1) is 5.48 Å². The summed E-state index contributed by atoms with van der Waals surface area (Å²) in [4.78, 5) is 28.3. The second-order valence-electron chi connectivity index (χ2n) is 11.6. The number of likely N-dealkylation sites (tertiary alicyclic amines) is 1. The van der Waals surface area contributed by atoms with Gasteiger partial charge < -0.3 is 19.4 Å². The minimum atomic E-state index is -0.469. The Morgan fingerprint density at radius 1 is 1.21 bits per heavy atom. The third-order valence-electron chi connectivity index (χ3n) is 9.27. The molecule has 4 fully saturated rings. The Morgan fingerprint density at radius 3 is 2.65 bits per heavy atom. The molecule has 2 saturated heterocycles. The van der Waals surface area contributed by atoms with Gasteiger partial charge in [-0.2, -0.15) is 0 Å². The smallest absolute Gasteiger partial charge is 0.242 e. The molecule has 34 heavy (non-hydrogen) atoms. The molecule has 6 aliphatic rings. The Morgan fingerprint density at radius 2 is 1.97 bits per heavy atom. The number of fused-ring (bicyclic) bond motifs is 1. The number of ether oxygens (including phenoxy) is 1. The van der Waals surface area contributed by atoms with Crippen molar-refractivity contribution in [1.29, 1.82) is 0 Å². The third kappa shape index (κ3) is 3.23. The molecule has 1 spiro atoms. The van der Waals surface area contributed by atoms with Gasteiger partial charge in [0.25, 0.3) is 0 Å². The van der Waals surface area contributed by atoms with E-state index in [1.165, 1.54) is 24.1 Å². The first-order valence-electron chi connectivity index (χ1n) is 12.9. The lowest BCUT2D eigenvalue weighted by Crippen LogP contribution is -2.51. The Balaban J connectivity index is 1.03. The number of aliphatic imine (C=N–C) groups is 1. The maximum atomic E-state index is 12.9. The maximum Gasteiger partial charge on any atom is 0.242 e. The van der Waals surface area contributed by atoms with E-state index in [1.807, 2.05) is 0 Å². The van der Waals surface area contributed by atoms with Crippen LogP contribution in [0.25, 0.3) is 0 Å². The number of anilines is 1. The number of amides is 1. The Kier molecular flexibility index (Phi) is 4.50. The zero-order valence-electron chi connectivity index (χ0n) is 20.0. The summed E-state index contributed by atoms with van der Waals surface area (Å²) >= 11 is 0. The lowest BCUT2D eigenvalue weighted by atomic mass is 9.71. The summed E-state index contributed by atoms with van der Waals surface area (Å²) in [5, 5.41) is 0. The molecule has 1 aromatic carbocycles. The van der Waals surface area contributed by atoms with E-state index in [0.717, 1.165) is 69.7 Å². The molecule has 0 radical (unpaired) electrons. The molecule has 2 aliphatic carbocycles. The molecule has 7 rings (SSSR count). The molecule has 1 unspecified atom stereocenters. The Hall–Kier alpha value is -2.38. The van der Waals surface area contributed by atoms with Crippen LogP contribution in [-0.2, 0) is 20.8 Å². The van der Waals surface area contributed by atoms with Crippen LogP contribution in [0.1, 0.15) is 56.6 Å². The van der Waals surface area contributed by atoms with Crippen molar-refractivity contribution < 1.29 is 14.4 Å². The lowest BCUT2D eigenvalue weighted by molar-refractivity contribution is -0.142. The van der Waals surface area contributed by atoms with Gasteiger partial charge in [-0.1, -0.05) is 12.6 Å².